The fraction of sp³-hybridized carbons (Fsp3) is 0.250. The molecule has 0 spiro atoms. The van der Waals surface area contributed by atoms with Crippen LogP contribution in [-0.4, -0.2) is 0 Å². The number of fused-ring (bicyclic) bond motifs is 1. The van der Waals surface area contributed by atoms with Crippen molar-refractivity contribution in [1.82, 2.24) is 0 Å². The maximum atomic E-state index is 11.3. The van der Waals surface area contributed by atoms with Gasteiger partial charge in [-0.05, 0) is 47.6 Å². The lowest BCUT2D eigenvalue weighted by atomic mass is 9.96. The second-order valence-electron chi connectivity index (χ2n) is 5.85. The van der Waals surface area contributed by atoms with E-state index in [0.29, 0.717) is 11.5 Å². The summed E-state index contributed by atoms with van der Waals surface area (Å²) in [6.07, 6.45) is 2.00. The minimum Gasteiger partial charge on any atom is -0.423 e. The summed E-state index contributed by atoms with van der Waals surface area (Å²) >= 11 is 0. The molecule has 1 aromatic heterocycles. The largest absolute Gasteiger partial charge is 0.423 e. The Hall–Kier alpha value is -2.35. The van der Waals surface area contributed by atoms with Crippen LogP contribution < -0.4 is 5.63 Å². The van der Waals surface area contributed by atoms with Crippen LogP contribution in [-0.2, 0) is 6.42 Å². The van der Waals surface area contributed by atoms with Crippen LogP contribution in [0.2, 0.25) is 0 Å². The van der Waals surface area contributed by atoms with Crippen molar-refractivity contribution in [3.05, 3.63) is 81.7 Å². The zero-order chi connectivity index (χ0) is 15.5. The molecule has 0 aliphatic heterocycles. The van der Waals surface area contributed by atoms with Crippen LogP contribution in [0.4, 0.5) is 0 Å². The Morgan fingerprint density at radius 2 is 1.64 bits per heavy atom. The van der Waals surface area contributed by atoms with Crippen molar-refractivity contribution >= 4 is 11.0 Å². The second kappa shape index (κ2) is 6.18. The SMILES string of the molecule is CCC(C)c1ccc(Cc2ccc3ccc(=O)oc3c2)cc1. The molecule has 2 nitrogen and oxygen atoms in total. The summed E-state index contributed by atoms with van der Waals surface area (Å²) in [5, 5.41) is 0.954. The van der Waals surface area contributed by atoms with Crippen molar-refractivity contribution < 1.29 is 4.42 Å². The van der Waals surface area contributed by atoms with Gasteiger partial charge in [0, 0.05) is 11.5 Å². The van der Waals surface area contributed by atoms with Gasteiger partial charge in [0.15, 0.2) is 0 Å². The first kappa shape index (κ1) is 14.6. The molecule has 0 aliphatic carbocycles. The van der Waals surface area contributed by atoms with Crippen molar-refractivity contribution in [3.8, 4) is 0 Å². The van der Waals surface area contributed by atoms with Gasteiger partial charge in [0.2, 0.25) is 0 Å². The van der Waals surface area contributed by atoms with Gasteiger partial charge in [-0.3, -0.25) is 0 Å². The minimum atomic E-state index is -0.303. The lowest BCUT2D eigenvalue weighted by Crippen LogP contribution is -1.96. The topological polar surface area (TPSA) is 30.2 Å². The Balaban J connectivity index is 1.84. The Morgan fingerprint density at radius 3 is 2.36 bits per heavy atom. The van der Waals surface area contributed by atoms with E-state index in [1.807, 2.05) is 12.1 Å². The monoisotopic (exact) mass is 292 g/mol. The smallest absolute Gasteiger partial charge is 0.336 e. The summed E-state index contributed by atoms with van der Waals surface area (Å²) in [6.45, 7) is 4.46. The third-order valence-electron chi connectivity index (χ3n) is 4.26. The lowest BCUT2D eigenvalue weighted by Gasteiger charge is -2.10. The molecule has 0 radical (unpaired) electrons. The first-order valence-electron chi connectivity index (χ1n) is 7.77. The van der Waals surface area contributed by atoms with Gasteiger partial charge in [0.05, 0.1) is 0 Å². The Kier molecular flexibility index (Phi) is 4.10. The molecule has 2 heteroatoms. The fourth-order valence-electron chi connectivity index (χ4n) is 2.65. The molecule has 0 saturated heterocycles. The molecule has 0 N–H and O–H groups in total. The van der Waals surface area contributed by atoms with E-state index in [-0.39, 0.29) is 5.63 Å². The van der Waals surface area contributed by atoms with Gasteiger partial charge in [-0.25, -0.2) is 4.79 Å². The molecular weight excluding hydrogens is 272 g/mol. The molecule has 3 rings (SSSR count). The van der Waals surface area contributed by atoms with E-state index in [2.05, 4.69) is 44.2 Å². The Labute approximate surface area is 130 Å². The van der Waals surface area contributed by atoms with E-state index in [9.17, 15) is 4.79 Å². The van der Waals surface area contributed by atoms with Crippen LogP contribution in [0.3, 0.4) is 0 Å². The highest BCUT2D eigenvalue weighted by Crippen LogP contribution is 2.21. The van der Waals surface area contributed by atoms with Gasteiger partial charge in [0.25, 0.3) is 0 Å². The Bertz CT molecular complexity index is 828. The summed E-state index contributed by atoms with van der Waals surface area (Å²) in [6, 6.07) is 18.1. The van der Waals surface area contributed by atoms with Crippen LogP contribution in [0.25, 0.3) is 11.0 Å². The summed E-state index contributed by atoms with van der Waals surface area (Å²) < 4.78 is 5.25. The van der Waals surface area contributed by atoms with Gasteiger partial charge in [0.1, 0.15) is 5.58 Å². The van der Waals surface area contributed by atoms with Gasteiger partial charge in [-0.2, -0.15) is 0 Å². The number of rotatable bonds is 4. The standard InChI is InChI=1S/C20H20O2/c1-3-14(2)17-7-4-15(5-8-17)12-16-6-9-18-10-11-20(21)22-19(18)13-16/h4-11,13-14H,3,12H2,1-2H3. The van der Waals surface area contributed by atoms with E-state index in [0.717, 1.165) is 23.8 Å². The third kappa shape index (κ3) is 3.11. The van der Waals surface area contributed by atoms with Gasteiger partial charge in [-0.15, -0.1) is 0 Å². The molecule has 112 valence electrons. The molecule has 0 amide bonds. The van der Waals surface area contributed by atoms with E-state index in [1.54, 1.807) is 6.07 Å². The zero-order valence-corrected chi connectivity index (χ0v) is 13.0. The second-order valence-corrected chi connectivity index (χ2v) is 5.85. The van der Waals surface area contributed by atoms with E-state index in [1.165, 1.54) is 17.2 Å². The highest BCUT2D eigenvalue weighted by Gasteiger charge is 2.04. The number of hydrogen-bond acceptors (Lipinski definition) is 2. The average molecular weight is 292 g/mol. The van der Waals surface area contributed by atoms with Crippen molar-refractivity contribution in [2.75, 3.05) is 0 Å². The first-order valence-corrected chi connectivity index (χ1v) is 7.77. The van der Waals surface area contributed by atoms with E-state index >= 15 is 0 Å². The molecule has 22 heavy (non-hydrogen) atoms. The quantitative estimate of drug-likeness (QED) is 0.640. The third-order valence-corrected chi connectivity index (χ3v) is 4.26. The van der Waals surface area contributed by atoms with Gasteiger partial charge in [-0.1, -0.05) is 50.2 Å². The minimum absolute atomic E-state index is 0.303. The van der Waals surface area contributed by atoms with Crippen molar-refractivity contribution in [3.63, 3.8) is 0 Å². The van der Waals surface area contributed by atoms with Crippen molar-refractivity contribution in [2.45, 2.75) is 32.6 Å². The highest BCUT2D eigenvalue weighted by molar-refractivity contribution is 5.77. The highest BCUT2D eigenvalue weighted by atomic mass is 16.4. The molecule has 0 saturated carbocycles. The predicted molar refractivity (Wildman–Crippen MR) is 90.4 cm³/mol. The van der Waals surface area contributed by atoms with Crippen LogP contribution >= 0.6 is 0 Å². The summed E-state index contributed by atoms with van der Waals surface area (Å²) in [5.41, 5.74) is 4.15. The molecular formula is C20H20O2. The normalized spacial score (nSPS) is 12.5. The van der Waals surface area contributed by atoms with Crippen molar-refractivity contribution in [1.29, 1.82) is 0 Å². The molecule has 0 fully saturated rings. The molecule has 0 aliphatic rings. The Morgan fingerprint density at radius 1 is 0.955 bits per heavy atom. The molecule has 1 heterocycles. The van der Waals surface area contributed by atoms with E-state index in [4.69, 9.17) is 4.42 Å². The first-order chi connectivity index (χ1) is 10.7. The van der Waals surface area contributed by atoms with Crippen LogP contribution in [0.15, 0.2) is 63.8 Å². The molecule has 1 atom stereocenters. The van der Waals surface area contributed by atoms with Crippen LogP contribution in [0.5, 0.6) is 0 Å². The predicted octanol–water partition coefficient (Wildman–Crippen LogP) is 4.90. The van der Waals surface area contributed by atoms with Crippen LogP contribution in [0, 0.1) is 0 Å². The molecule has 0 bridgehead atoms. The molecule has 1 unspecified atom stereocenters. The molecule has 2 aromatic carbocycles. The van der Waals surface area contributed by atoms with Crippen LogP contribution in [0.1, 0.15) is 42.9 Å². The van der Waals surface area contributed by atoms with Gasteiger partial charge >= 0.3 is 5.63 Å². The number of hydrogen-bond donors (Lipinski definition) is 0. The van der Waals surface area contributed by atoms with E-state index < -0.39 is 0 Å². The summed E-state index contributed by atoms with van der Waals surface area (Å²) in [4.78, 5) is 11.3. The maximum Gasteiger partial charge on any atom is 0.336 e. The molecule has 3 aromatic rings. The maximum absolute atomic E-state index is 11.3. The summed E-state index contributed by atoms with van der Waals surface area (Å²) in [5.74, 6) is 0.601. The zero-order valence-electron chi connectivity index (χ0n) is 13.0. The summed E-state index contributed by atoms with van der Waals surface area (Å²) in [7, 11) is 0. The lowest BCUT2D eigenvalue weighted by molar-refractivity contribution is 0.560. The van der Waals surface area contributed by atoms with Crippen molar-refractivity contribution in [2.24, 2.45) is 0 Å². The van der Waals surface area contributed by atoms with Gasteiger partial charge < -0.3 is 4.42 Å². The number of benzene rings is 2. The fourth-order valence-corrected chi connectivity index (χ4v) is 2.65. The average Bonchev–Trinajstić information content (AvgIpc) is 2.54.